The van der Waals surface area contributed by atoms with Crippen LogP contribution in [0.4, 0.5) is 4.39 Å². The summed E-state index contributed by atoms with van der Waals surface area (Å²) in [7, 11) is 0. The van der Waals surface area contributed by atoms with Crippen molar-refractivity contribution in [1.82, 2.24) is 0 Å². The Morgan fingerprint density at radius 2 is 1.60 bits per heavy atom. The zero-order chi connectivity index (χ0) is 12.3. The van der Waals surface area contributed by atoms with E-state index in [-0.39, 0.29) is 11.3 Å². The number of rotatable bonds is 4. The Bertz CT molecular complexity index is 257. The Morgan fingerprint density at radius 3 is 1.80 bits per heavy atom. The molecule has 0 bridgehead atoms. The van der Waals surface area contributed by atoms with E-state index in [1.807, 2.05) is 20.8 Å². The van der Waals surface area contributed by atoms with Crippen molar-refractivity contribution in [3.05, 3.63) is 0 Å². The van der Waals surface area contributed by atoms with Crippen LogP contribution in [0.3, 0.4) is 0 Å². The third-order valence-electron chi connectivity index (χ3n) is 2.35. The Kier molecular flexibility index (Phi) is 4.63. The van der Waals surface area contributed by atoms with Crippen LogP contribution in [0.2, 0.25) is 0 Å². The van der Waals surface area contributed by atoms with Gasteiger partial charge in [-0.3, -0.25) is 4.99 Å². The average molecular weight is 214 g/mol. The minimum Gasteiger partial charge on any atom is -0.304 e. The molecule has 0 amide bonds. The van der Waals surface area contributed by atoms with Crippen LogP contribution >= 0.6 is 0 Å². The molecule has 0 aromatic heterocycles. The molecule has 0 saturated heterocycles. The molecule has 0 spiro atoms. The Balaban J connectivity index is 5.33. The van der Waals surface area contributed by atoms with Gasteiger partial charge in [-0.15, -0.1) is 0 Å². The molecule has 1 N–H and O–H groups in total. The lowest BCUT2D eigenvalue weighted by Gasteiger charge is -2.27. The predicted octanol–water partition coefficient (Wildman–Crippen LogP) is 3.79. The summed E-state index contributed by atoms with van der Waals surface area (Å²) in [5.74, 6) is 0. The lowest BCUT2D eigenvalue weighted by Crippen LogP contribution is -2.38. The van der Waals surface area contributed by atoms with Crippen molar-refractivity contribution < 1.29 is 4.39 Å². The number of nitrogens with one attached hydrogen (secondary N) is 1. The van der Waals surface area contributed by atoms with Gasteiger partial charge in [0.15, 0.2) is 5.67 Å². The summed E-state index contributed by atoms with van der Waals surface area (Å²) in [6.07, 6.45) is 0.739. The van der Waals surface area contributed by atoms with E-state index in [2.05, 4.69) is 4.99 Å². The van der Waals surface area contributed by atoms with E-state index >= 15 is 0 Å². The summed E-state index contributed by atoms with van der Waals surface area (Å²) in [6, 6.07) is 0. The molecule has 2 nitrogen and oxygen atoms in total. The molecule has 0 radical (unpaired) electrons. The van der Waals surface area contributed by atoms with Crippen LogP contribution in [0, 0.1) is 5.41 Å². The molecule has 3 heteroatoms. The van der Waals surface area contributed by atoms with E-state index in [9.17, 15) is 4.39 Å². The van der Waals surface area contributed by atoms with Gasteiger partial charge in [0.05, 0.1) is 17.0 Å². The highest BCUT2D eigenvalue weighted by Crippen LogP contribution is 2.25. The average Bonchev–Trinajstić information content (AvgIpc) is 2.11. The van der Waals surface area contributed by atoms with Crippen molar-refractivity contribution in [1.29, 1.82) is 5.41 Å². The zero-order valence-electron chi connectivity index (χ0n) is 10.7. The molecule has 0 saturated carbocycles. The van der Waals surface area contributed by atoms with Crippen LogP contribution in [0.5, 0.6) is 0 Å². The number of nitrogens with zero attached hydrogens (tertiary/aromatic N) is 1. The minimum atomic E-state index is -1.45. The normalized spacial score (nSPS) is 14.2. The Morgan fingerprint density at radius 1 is 1.20 bits per heavy atom. The van der Waals surface area contributed by atoms with Crippen LogP contribution in [0.25, 0.3) is 0 Å². The predicted molar refractivity (Wildman–Crippen MR) is 65.0 cm³/mol. The van der Waals surface area contributed by atoms with Gasteiger partial charge in [0, 0.05) is 0 Å². The highest BCUT2D eigenvalue weighted by Gasteiger charge is 2.34. The van der Waals surface area contributed by atoms with Gasteiger partial charge in [-0.25, -0.2) is 4.39 Å². The van der Waals surface area contributed by atoms with Crippen LogP contribution in [0.1, 0.15) is 54.4 Å². The van der Waals surface area contributed by atoms with Crippen LogP contribution in [-0.2, 0) is 0 Å². The van der Waals surface area contributed by atoms with E-state index in [1.54, 1.807) is 20.8 Å². The number of hydrogen-bond donors (Lipinski definition) is 1. The first-order chi connectivity index (χ1) is 6.66. The second kappa shape index (κ2) is 4.86. The van der Waals surface area contributed by atoms with Crippen molar-refractivity contribution in [3.8, 4) is 0 Å². The molecule has 88 valence electrons. The van der Waals surface area contributed by atoms with Crippen molar-refractivity contribution in [3.63, 3.8) is 0 Å². The Hall–Kier alpha value is -0.730. The summed E-state index contributed by atoms with van der Waals surface area (Å²) in [6.45, 7) is 10.9. The summed E-state index contributed by atoms with van der Waals surface area (Å²) in [5, 5.41) is 7.62. The van der Waals surface area contributed by atoms with Crippen LogP contribution < -0.4 is 0 Å². The van der Waals surface area contributed by atoms with E-state index in [4.69, 9.17) is 5.41 Å². The van der Waals surface area contributed by atoms with Gasteiger partial charge in [-0.05, 0) is 40.5 Å². The summed E-state index contributed by atoms with van der Waals surface area (Å²) in [5.41, 5.74) is -1.24. The molecule has 0 aromatic rings. The summed E-state index contributed by atoms with van der Waals surface area (Å²) >= 11 is 0. The maximum absolute atomic E-state index is 14.4. The van der Waals surface area contributed by atoms with Gasteiger partial charge < -0.3 is 5.41 Å². The zero-order valence-corrected chi connectivity index (χ0v) is 10.7. The lowest BCUT2D eigenvalue weighted by molar-refractivity contribution is 0.241. The standard InChI is InChI=1S/C12H23FN2/c1-7-12(13,8-2)10(9(3)14)15-11(4,5)6/h14H,7-8H2,1-6H3. The quantitative estimate of drug-likeness (QED) is 0.691. The fourth-order valence-electron chi connectivity index (χ4n) is 1.44. The maximum Gasteiger partial charge on any atom is 0.153 e. The van der Waals surface area contributed by atoms with Gasteiger partial charge >= 0.3 is 0 Å². The SMILES string of the molecule is CCC(F)(CC)C(=NC(C)(C)C)C(C)=N. The first-order valence-electron chi connectivity index (χ1n) is 5.51. The first-order valence-corrected chi connectivity index (χ1v) is 5.51. The highest BCUT2D eigenvalue weighted by molar-refractivity contribution is 6.43. The molecular weight excluding hydrogens is 191 g/mol. The highest BCUT2D eigenvalue weighted by atomic mass is 19.1. The minimum absolute atomic E-state index is 0.233. The van der Waals surface area contributed by atoms with Crippen LogP contribution in [0.15, 0.2) is 4.99 Å². The second-order valence-corrected chi connectivity index (χ2v) is 4.93. The molecule has 0 aromatic carbocycles. The van der Waals surface area contributed by atoms with E-state index in [0.717, 1.165) is 0 Å². The molecule has 0 aliphatic rings. The molecule has 0 unspecified atom stereocenters. The first kappa shape index (κ1) is 14.3. The molecule has 0 fully saturated rings. The van der Waals surface area contributed by atoms with Crippen molar-refractivity contribution >= 4 is 11.4 Å². The van der Waals surface area contributed by atoms with Gasteiger partial charge in [0.25, 0.3) is 0 Å². The molecule has 0 aliphatic carbocycles. The molecular formula is C12H23FN2. The molecule has 15 heavy (non-hydrogen) atoms. The largest absolute Gasteiger partial charge is 0.304 e. The third kappa shape index (κ3) is 4.10. The van der Waals surface area contributed by atoms with Crippen LogP contribution in [-0.4, -0.2) is 22.6 Å². The molecule has 0 atom stereocenters. The Labute approximate surface area is 92.5 Å². The van der Waals surface area contributed by atoms with Crippen molar-refractivity contribution in [2.45, 2.75) is 65.6 Å². The fraction of sp³-hybridized carbons (Fsp3) is 0.833. The van der Waals surface area contributed by atoms with E-state index in [1.165, 1.54) is 0 Å². The number of aliphatic imine (C=N–C) groups is 1. The van der Waals surface area contributed by atoms with Gasteiger partial charge in [-0.1, -0.05) is 13.8 Å². The van der Waals surface area contributed by atoms with Gasteiger partial charge in [0.1, 0.15) is 0 Å². The fourth-order valence-corrected chi connectivity index (χ4v) is 1.44. The van der Waals surface area contributed by atoms with Crippen molar-refractivity contribution in [2.24, 2.45) is 4.99 Å². The maximum atomic E-state index is 14.4. The monoisotopic (exact) mass is 214 g/mol. The number of halogens is 1. The number of hydrogen-bond acceptors (Lipinski definition) is 2. The second-order valence-electron chi connectivity index (χ2n) is 4.93. The number of alkyl halides is 1. The third-order valence-corrected chi connectivity index (χ3v) is 2.35. The van der Waals surface area contributed by atoms with Crippen molar-refractivity contribution in [2.75, 3.05) is 0 Å². The van der Waals surface area contributed by atoms with E-state index in [0.29, 0.717) is 18.6 Å². The smallest absolute Gasteiger partial charge is 0.153 e. The van der Waals surface area contributed by atoms with Gasteiger partial charge in [-0.2, -0.15) is 0 Å². The molecule has 0 heterocycles. The lowest BCUT2D eigenvalue weighted by atomic mass is 9.90. The summed E-state index contributed by atoms with van der Waals surface area (Å²) < 4.78 is 14.4. The molecule has 0 aliphatic heterocycles. The van der Waals surface area contributed by atoms with Gasteiger partial charge in [0.2, 0.25) is 0 Å². The van der Waals surface area contributed by atoms with E-state index < -0.39 is 5.67 Å². The topological polar surface area (TPSA) is 36.2 Å². The molecule has 0 rings (SSSR count). The summed E-state index contributed by atoms with van der Waals surface area (Å²) in [4.78, 5) is 4.34.